The molecule has 2 heteroatoms. The molecule has 0 atom stereocenters. The van der Waals surface area contributed by atoms with Crippen molar-refractivity contribution >= 4 is 0 Å². The third kappa shape index (κ3) is 16.6. The first-order valence-electron chi connectivity index (χ1n) is 24.7. The topological polar surface area (TPSA) is 0 Å². The van der Waals surface area contributed by atoms with Gasteiger partial charge >= 0.3 is 0 Å². The van der Waals surface area contributed by atoms with Gasteiger partial charge in [-0.15, -0.1) is 0 Å². The fourth-order valence-electron chi connectivity index (χ4n) is 9.22. The van der Waals surface area contributed by atoms with E-state index in [1.807, 2.05) is 24.3 Å². The maximum Gasteiger partial charge on any atom is 0.127 e. The standard InChI is InChI=1S/C30H39F.C29H37F/c1-3-5-7-9-24-11-13-25(14-12-24)15-16-26-17-19-27(20-18-26)29-22-21-28(30(31)23-29)10-8-6-4-2;1-3-5-7-9-27-20-21-28(22-29(27)30)26-18-16-25(17-19-26)15-14-24-12-10-23(11-13-24)8-6-4-2/h17-25H,3-14H2,1-2H3;16-24H,3-13H2,1-2H3. The summed E-state index contributed by atoms with van der Waals surface area (Å²) >= 11 is 0. The van der Waals surface area contributed by atoms with E-state index in [1.54, 1.807) is 12.1 Å². The minimum Gasteiger partial charge on any atom is -0.207 e. The van der Waals surface area contributed by atoms with Gasteiger partial charge in [-0.3, -0.25) is 0 Å². The van der Waals surface area contributed by atoms with E-state index in [1.165, 1.54) is 96.3 Å². The van der Waals surface area contributed by atoms with Crippen LogP contribution in [0.15, 0.2) is 84.9 Å². The van der Waals surface area contributed by atoms with Crippen molar-refractivity contribution in [3.05, 3.63) is 119 Å². The molecule has 6 rings (SSSR count). The second-order valence-corrected chi connectivity index (χ2v) is 18.3. The van der Waals surface area contributed by atoms with Crippen LogP contribution < -0.4 is 0 Å². The smallest absolute Gasteiger partial charge is 0.127 e. The molecular weight excluding hydrogens is 747 g/mol. The highest BCUT2D eigenvalue weighted by molar-refractivity contribution is 5.66. The lowest BCUT2D eigenvalue weighted by molar-refractivity contribution is 0.294. The molecule has 0 bridgehead atoms. The summed E-state index contributed by atoms with van der Waals surface area (Å²) in [6, 6.07) is 27.9. The monoisotopic (exact) mass is 823 g/mol. The van der Waals surface area contributed by atoms with Crippen molar-refractivity contribution in [1.82, 2.24) is 0 Å². The van der Waals surface area contributed by atoms with E-state index >= 15 is 0 Å². The number of hydrogen-bond acceptors (Lipinski definition) is 0. The van der Waals surface area contributed by atoms with Gasteiger partial charge in [0.2, 0.25) is 0 Å². The van der Waals surface area contributed by atoms with E-state index < -0.39 is 0 Å². The van der Waals surface area contributed by atoms with Crippen LogP contribution in [0.4, 0.5) is 8.78 Å². The largest absolute Gasteiger partial charge is 0.207 e. The van der Waals surface area contributed by atoms with E-state index in [2.05, 4.69) is 99.9 Å². The molecule has 2 aliphatic carbocycles. The SMILES string of the molecule is CCCCCc1ccc(-c2ccc(C#CC3CCC(CCCC)CC3)cc2)cc1F.CCCCCc1ccc(-c2ccc(C#CC3CCC(CCCCC)CC3)cc2)cc1F. The quantitative estimate of drug-likeness (QED) is 0.0735. The van der Waals surface area contributed by atoms with Crippen molar-refractivity contribution in [3.8, 4) is 45.9 Å². The third-order valence-electron chi connectivity index (χ3n) is 13.4. The van der Waals surface area contributed by atoms with Gasteiger partial charge in [-0.2, -0.15) is 0 Å². The average molecular weight is 823 g/mol. The van der Waals surface area contributed by atoms with Gasteiger partial charge in [-0.25, -0.2) is 8.78 Å². The molecule has 0 saturated heterocycles. The van der Waals surface area contributed by atoms with Crippen LogP contribution in [0.5, 0.6) is 0 Å². The van der Waals surface area contributed by atoms with Gasteiger partial charge in [-0.1, -0.05) is 171 Å². The number of benzene rings is 4. The Morgan fingerprint density at radius 2 is 0.770 bits per heavy atom. The van der Waals surface area contributed by atoms with Gasteiger partial charge in [0.05, 0.1) is 0 Å². The zero-order chi connectivity index (χ0) is 43.1. The highest BCUT2D eigenvalue weighted by atomic mass is 19.1. The maximum atomic E-state index is 14.5. The summed E-state index contributed by atoms with van der Waals surface area (Å²) in [6.07, 6.45) is 28.4. The van der Waals surface area contributed by atoms with Crippen molar-refractivity contribution in [2.45, 2.75) is 175 Å². The Hall–Kier alpha value is -4.14. The molecule has 0 aliphatic heterocycles. The molecule has 0 unspecified atom stereocenters. The van der Waals surface area contributed by atoms with Crippen LogP contribution in [0, 0.1) is 59.0 Å². The normalized spacial score (nSPS) is 18.5. The van der Waals surface area contributed by atoms with Crippen LogP contribution in [-0.2, 0) is 12.8 Å². The summed E-state index contributed by atoms with van der Waals surface area (Å²) in [4.78, 5) is 0. The Labute approximate surface area is 371 Å². The first kappa shape index (κ1) is 47.9. The van der Waals surface area contributed by atoms with Crippen molar-refractivity contribution in [1.29, 1.82) is 0 Å². The Kier molecular flexibility index (Phi) is 21.2. The molecule has 61 heavy (non-hydrogen) atoms. The molecule has 0 amide bonds. The third-order valence-corrected chi connectivity index (χ3v) is 13.4. The molecule has 326 valence electrons. The lowest BCUT2D eigenvalue weighted by atomic mass is 9.80. The lowest BCUT2D eigenvalue weighted by Crippen LogP contribution is -2.13. The van der Waals surface area contributed by atoms with Crippen molar-refractivity contribution in [2.24, 2.45) is 23.7 Å². The summed E-state index contributed by atoms with van der Waals surface area (Å²) in [5, 5.41) is 0. The molecule has 0 spiro atoms. The van der Waals surface area contributed by atoms with Crippen LogP contribution in [0.1, 0.15) is 185 Å². The Morgan fingerprint density at radius 3 is 1.15 bits per heavy atom. The Balaban J connectivity index is 0.000000231. The molecule has 2 fully saturated rings. The van der Waals surface area contributed by atoms with Gasteiger partial charge in [0.15, 0.2) is 0 Å². The fraction of sp³-hybridized carbons (Fsp3) is 0.525. The minimum atomic E-state index is -0.0815. The first-order chi connectivity index (χ1) is 29.9. The number of hydrogen-bond donors (Lipinski definition) is 0. The summed E-state index contributed by atoms with van der Waals surface area (Å²) < 4.78 is 28.9. The highest BCUT2D eigenvalue weighted by Crippen LogP contribution is 2.33. The number of rotatable bonds is 17. The summed E-state index contributed by atoms with van der Waals surface area (Å²) in [5.41, 5.74) is 7.77. The zero-order valence-electron chi connectivity index (χ0n) is 38.4. The molecule has 4 aromatic rings. The molecule has 0 heterocycles. The number of unbranched alkanes of at least 4 members (excludes halogenated alkanes) is 7. The van der Waals surface area contributed by atoms with E-state index in [0.717, 1.165) is 108 Å². The van der Waals surface area contributed by atoms with Gasteiger partial charge in [-0.05, 0) is 159 Å². The van der Waals surface area contributed by atoms with Crippen molar-refractivity contribution in [2.75, 3.05) is 0 Å². The number of aryl methyl sites for hydroxylation is 2. The minimum absolute atomic E-state index is 0.0808. The van der Waals surface area contributed by atoms with E-state index in [0.29, 0.717) is 11.8 Å². The second-order valence-electron chi connectivity index (χ2n) is 18.3. The maximum absolute atomic E-state index is 14.5. The van der Waals surface area contributed by atoms with E-state index in [-0.39, 0.29) is 11.6 Å². The van der Waals surface area contributed by atoms with Crippen LogP contribution in [0.25, 0.3) is 22.3 Å². The average Bonchev–Trinajstić information content (AvgIpc) is 3.29. The summed E-state index contributed by atoms with van der Waals surface area (Å²) in [5.74, 6) is 16.6. The van der Waals surface area contributed by atoms with Crippen molar-refractivity contribution < 1.29 is 8.78 Å². The summed E-state index contributed by atoms with van der Waals surface area (Å²) in [6.45, 7) is 8.91. The highest BCUT2D eigenvalue weighted by Gasteiger charge is 2.20. The van der Waals surface area contributed by atoms with Gasteiger partial charge in [0.25, 0.3) is 0 Å². The first-order valence-corrected chi connectivity index (χ1v) is 24.7. The van der Waals surface area contributed by atoms with Crippen molar-refractivity contribution in [3.63, 3.8) is 0 Å². The van der Waals surface area contributed by atoms with E-state index in [4.69, 9.17) is 0 Å². The lowest BCUT2D eigenvalue weighted by Gasteiger charge is -2.25. The summed E-state index contributed by atoms with van der Waals surface area (Å²) in [7, 11) is 0. The fourth-order valence-corrected chi connectivity index (χ4v) is 9.22. The molecule has 0 radical (unpaired) electrons. The van der Waals surface area contributed by atoms with Gasteiger partial charge in [0.1, 0.15) is 11.6 Å². The van der Waals surface area contributed by atoms with Gasteiger partial charge < -0.3 is 0 Å². The van der Waals surface area contributed by atoms with Gasteiger partial charge in [0, 0.05) is 23.0 Å². The molecule has 4 aromatic carbocycles. The molecular formula is C59H76F2. The molecule has 0 N–H and O–H groups in total. The van der Waals surface area contributed by atoms with Crippen LogP contribution >= 0.6 is 0 Å². The Bertz CT molecular complexity index is 1970. The van der Waals surface area contributed by atoms with Crippen LogP contribution in [0.2, 0.25) is 0 Å². The molecule has 2 aliphatic rings. The zero-order valence-corrected chi connectivity index (χ0v) is 38.4. The van der Waals surface area contributed by atoms with Crippen LogP contribution in [-0.4, -0.2) is 0 Å². The number of halogens is 2. The molecule has 0 aromatic heterocycles. The van der Waals surface area contributed by atoms with E-state index in [9.17, 15) is 8.78 Å². The van der Waals surface area contributed by atoms with Crippen LogP contribution in [0.3, 0.4) is 0 Å². The molecule has 2 saturated carbocycles. The second kappa shape index (κ2) is 27.0. The predicted molar refractivity (Wildman–Crippen MR) is 258 cm³/mol. The molecule has 0 nitrogen and oxygen atoms in total. The predicted octanol–water partition coefficient (Wildman–Crippen LogP) is 17.5. The Morgan fingerprint density at radius 1 is 0.410 bits per heavy atom.